The molecule has 1 heterocycles. The largest absolute Gasteiger partial charge is 0.466 e. The number of amides is 1. The number of benzene rings is 2. The zero-order valence-electron chi connectivity index (χ0n) is 16.2. The number of hydrogen-bond donors (Lipinski definition) is 1. The number of imidazole rings is 1. The molecular formula is C21H19BrN4O3S. The third kappa shape index (κ3) is 5.01. The van der Waals surface area contributed by atoms with Gasteiger partial charge in [0.1, 0.15) is 4.60 Å². The molecule has 0 saturated heterocycles. The third-order valence-corrected chi connectivity index (χ3v) is 5.75. The number of carbonyl (C=O) groups is 2. The first kappa shape index (κ1) is 21.9. The zero-order valence-corrected chi connectivity index (χ0v) is 18.6. The number of fused-ring (bicyclic) bond motifs is 1. The van der Waals surface area contributed by atoms with Gasteiger partial charge in [0, 0.05) is 17.3 Å². The molecule has 1 amide bonds. The van der Waals surface area contributed by atoms with Crippen LogP contribution in [0.3, 0.4) is 0 Å². The lowest BCUT2D eigenvalue weighted by Gasteiger charge is -2.13. The molecule has 0 atom stereocenters. The number of aromatic nitrogens is 2. The molecule has 3 aromatic rings. The summed E-state index contributed by atoms with van der Waals surface area (Å²) in [6.07, 6.45) is 1.82. The molecule has 0 aliphatic carbocycles. The first-order chi connectivity index (χ1) is 14.5. The van der Waals surface area contributed by atoms with Crippen LogP contribution in [0.1, 0.15) is 18.9 Å². The van der Waals surface area contributed by atoms with E-state index in [1.54, 1.807) is 19.2 Å². The fourth-order valence-electron chi connectivity index (χ4n) is 2.93. The number of carbonyl (C=O) groups excluding carboxylic acids is 2. The van der Waals surface area contributed by atoms with E-state index in [1.807, 2.05) is 34.9 Å². The van der Waals surface area contributed by atoms with Crippen LogP contribution >= 0.6 is 27.7 Å². The van der Waals surface area contributed by atoms with Gasteiger partial charge in [-0.3, -0.25) is 14.2 Å². The van der Waals surface area contributed by atoms with Crippen molar-refractivity contribution in [2.24, 2.45) is 0 Å². The molecule has 9 heteroatoms. The molecule has 0 aliphatic heterocycles. The number of hydrogen-bond acceptors (Lipinski definition) is 6. The number of nitrogens with one attached hydrogen (secondary N) is 1. The highest BCUT2D eigenvalue weighted by atomic mass is 79.9. The van der Waals surface area contributed by atoms with Crippen molar-refractivity contribution in [2.45, 2.75) is 18.5 Å². The van der Waals surface area contributed by atoms with Crippen LogP contribution in [0.25, 0.3) is 16.5 Å². The van der Waals surface area contributed by atoms with Crippen LogP contribution in [0.15, 0.2) is 52.4 Å². The predicted octanol–water partition coefficient (Wildman–Crippen LogP) is 3.82. The highest BCUT2D eigenvalue weighted by Crippen LogP contribution is 2.32. The summed E-state index contributed by atoms with van der Waals surface area (Å²) in [7, 11) is 0. The predicted molar refractivity (Wildman–Crippen MR) is 118 cm³/mol. The van der Waals surface area contributed by atoms with Crippen LogP contribution < -0.4 is 5.32 Å². The monoisotopic (exact) mass is 486 g/mol. The van der Waals surface area contributed by atoms with Gasteiger partial charge in [0.05, 0.1) is 42.3 Å². The molecule has 0 saturated carbocycles. The van der Waals surface area contributed by atoms with E-state index in [0.29, 0.717) is 17.3 Å². The minimum absolute atomic E-state index is 0.141. The maximum atomic E-state index is 12.1. The number of halogens is 1. The Morgan fingerprint density at radius 2 is 2.03 bits per heavy atom. The smallest absolute Gasteiger partial charge is 0.307 e. The van der Waals surface area contributed by atoms with Gasteiger partial charge in [-0.2, -0.15) is 5.26 Å². The SMILES string of the molecule is CCOC(=O)CCNC(=O)CSc1ncc(Br)n1-c1ccc(C#N)c2ccccc12. The molecule has 0 unspecified atom stereocenters. The van der Waals surface area contributed by atoms with E-state index in [-0.39, 0.29) is 30.6 Å². The summed E-state index contributed by atoms with van der Waals surface area (Å²) in [5.74, 6) is -0.377. The molecule has 3 rings (SSSR count). The second-order valence-corrected chi connectivity index (χ2v) is 7.94. The molecule has 0 aliphatic rings. The first-order valence-electron chi connectivity index (χ1n) is 9.25. The molecule has 7 nitrogen and oxygen atoms in total. The average molecular weight is 487 g/mol. The topological polar surface area (TPSA) is 97.0 Å². The highest BCUT2D eigenvalue weighted by molar-refractivity contribution is 9.10. The third-order valence-electron chi connectivity index (χ3n) is 4.24. The molecule has 30 heavy (non-hydrogen) atoms. The van der Waals surface area contributed by atoms with E-state index in [9.17, 15) is 14.9 Å². The average Bonchev–Trinajstić information content (AvgIpc) is 3.11. The molecule has 2 aromatic carbocycles. The van der Waals surface area contributed by atoms with E-state index in [2.05, 4.69) is 32.3 Å². The van der Waals surface area contributed by atoms with Gasteiger partial charge in [0.25, 0.3) is 0 Å². The number of thioether (sulfide) groups is 1. The lowest BCUT2D eigenvalue weighted by atomic mass is 10.0. The minimum atomic E-state index is -0.336. The molecule has 1 N–H and O–H groups in total. The Balaban J connectivity index is 1.76. The van der Waals surface area contributed by atoms with Crippen molar-refractivity contribution in [3.05, 3.63) is 52.8 Å². The standard InChI is InChI=1S/C21H19BrN4O3S/c1-2-29-20(28)9-10-24-19(27)13-30-21-25-12-18(22)26(21)17-8-7-14(11-23)15-5-3-4-6-16(15)17/h3-8,12H,2,9-10,13H2,1H3,(H,24,27). The minimum Gasteiger partial charge on any atom is -0.466 e. The number of nitriles is 1. The van der Waals surface area contributed by atoms with Crippen molar-refractivity contribution in [3.63, 3.8) is 0 Å². The number of nitrogens with zero attached hydrogens (tertiary/aromatic N) is 3. The van der Waals surface area contributed by atoms with Crippen molar-refractivity contribution >= 4 is 50.3 Å². The molecular weight excluding hydrogens is 468 g/mol. The van der Waals surface area contributed by atoms with E-state index >= 15 is 0 Å². The second kappa shape index (κ2) is 10.3. The first-order valence-corrected chi connectivity index (χ1v) is 11.0. The summed E-state index contributed by atoms with van der Waals surface area (Å²) in [5.41, 5.74) is 1.46. The van der Waals surface area contributed by atoms with Gasteiger partial charge < -0.3 is 10.1 Å². The quantitative estimate of drug-likeness (QED) is 0.383. The Labute approximate surface area is 186 Å². The molecule has 0 bridgehead atoms. The summed E-state index contributed by atoms with van der Waals surface area (Å²) in [6.45, 7) is 2.30. The summed E-state index contributed by atoms with van der Waals surface area (Å²) in [4.78, 5) is 27.9. The van der Waals surface area contributed by atoms with Crippen LogP contribution in [0.2, 0.25) is 0 Å². The number of ether oxygens (including phenoxy) is 1. The van der Waals surface area contributed by atoms with Crippen molar-refractivity contribution in [2.75, 3.05) is 18.9 Å². The second-order valence-electron chi connectivity index (χ2n) is 6.18. The Morgan fingerprint density at radius 1 is 1.27 bits per heavy atom. The highest BCUT2D eigenvalue weighted by Gasteiger charge is 2.16. The number of esters is 1. The van der Waals surface area contributed by atoms with Crippen LogP contribution in [0, 0.1) is 11.3 Å². The Morgan fingerprint density at radius 3 is 2.77 bits per heavy atom. The fourth-order valence-corrected chi connectivity index (χ4v) is 4.32. The molecule has 154 valence electrons. The van der Waals surface area contributed by atoms with E-state index in [0.717, 1.165) is 21.1 Å². The lowest BCUT2D eigenvalue weighted by Crippen LogP contribution is -2.28. The normalized spacial score (nSPS) is 10.6. The molecule has 0 fully saturated rings. The Bertz CT molecular complexity index is 1120. The van der Waals surface area contributed by atoms with Crippen LogP contribution in [-0.4, -0.2) is 40.3 Å². The van der Waals surface area contributed by atoms with Gasteiger partial charge in [-0.25, -0.2) is 4.98 Å². The summed E-state index contributed by atoms with van der Waals surface area (Å²) >= 11 is 4.81. The van der Waals surface area contributed by atoms with E-state index < -0.39 is 0 Å². The number of rotatable bonds is 8. The van der Waals surface area contributed by atoms with E-state index in [4.69, 9.17) is 4.74 Å². The van der Waals surface area contributed by atoms with Gasteiger partial charge in [0.2, 0.25) is 5.91 Å². The van der Waals surface area contributed by atoms with E-state index in [1.165, 1.54) is 11.8 Å². The Kier molecular flexibility index (Phi) is 7.49. The zero-order chi connectivity index (χ0) is 21.5. The van der Waals surface area contributed by atoms with Crippen LogP contribution in [-0.2, 0) is 14.3 Å². The Hall–Kier alpha value is -2.83. The summed E-state index contributed by atoms with van der Waals surface area (Å²) in [5, 5.41) is 14.5. The summed E-state index contributed by atoms with van der Waals surface area (Å²) in [6, 6.07) is 13.5. The van der Waals surface area contributed by atoms with Crippen molar-refractivity contribution < 1.29 is 14.3 Å². The van der Waals surface area contributed by atoms with Crippen molar-refractivity contribution in [1.82, 2.24) is 14.9 Å². The summed E-state index contributed by atoms with van der Waals surface area (Å²) < 4.78 is 7.48. The molecule has 0 spiro atoms. The molecule has 1 aromatic heterocycles. The molecule has 0 radical (unpaired) electrons. The van der Waals surface area contributed by atoms with Gasteiger partial charge >= 0.3 is 5.97 Å². The lowest BCUT2D eigenvalue weighted by molar-refractivity contribution is -0.143. The van der Waals surface area contributed by atoms with Gasteiger partial charge in [-0.05, 0) is 35.0 Å². The maximum Gasteiger partial charge on any atom is 0.307 e. The van der Waals surface area contributed by atoms with Crippen molar-refractivity contribution in [3.8, 4) is 11.8 Å². The van der Waals surface area contributed by atoms with Gasteiger partial charge in [-0.1, -0.05) is 36.0 Å². The van der Waals surface area contributed by atoms with Gasteiger partial charge in [-0.15, -0.1) is 0 Å². The van der Waals surface area contributed by atoms with Crippen LogP contribution in [0.5, 0.6) is 0 Å². The van der Waals surface area contributed by atoms with Gasteiger partial charge in [0.15, 0.2) is 5.16 Å². The van der Waals surface area contributed by atoms with Crippen LogP contribution in [0.4, 0.5) is 0 Å². The maximum absolute atomic E-state index is 12.1. The van der Waals surface area contributed by atoms with Crippen molar-refractivity contribution in [1.29, 1.82) is 5.26 Å². The fraction of sp³-hybridized carbons (Fsp3) is 0.238.